The molecule has 2 amide bonds. The second-order valence-corrected chi connectivity index (χ2v) is 11.5. The van der Waals surface area contributed by atoms with Gasteiger partial charge in [0.15, 0.2) is 0 Å². The van der Waals surface area contributed by atoms with Crippen molar-refractivity contribution in [3.05, 3.63) is 59.5 Å². The zero-order chi connectivity index (χ0) is 27.1. The van der Waals surface area contributed by atoms with Gasteiger partial charge in [0, 0.05) is 73.1 Å². The summed E-state index contributed by atoms with van der Waals surface area (Å²) in [6.45, 7) is 1.68. The van der Waals surface area contributed by atoms with E-state index in [2.05, 4.69) is 15.6 Å². The fourth-order valence-corrected chi connectivity index (χ4v) is 7.40. The molecule has 4 heterocycles. The maximum absolute atomic E-state index is 14.1. The van der Waals surface area contributed by atoms with Gasteiger partial charge >= 0.3 is 0 Å². The van der Waals surface area contributed by atoms with Crippen molar-refractivity contribution >= 4 is 22.7 Å². The minimum Gasteiger partial charge on any atom is -0.497 e. The number of aliphatic hydroxyl groups excluding tert-OH is 1. The van der Waals surface area contributed by atoms with Gasteiger partial charge < -0.3 is 24.2 Å². The third kappa shape index (κ3) is 4.29. The molecule has 1 aliphatic carbocycles. The quantitative estimate of drug-likeness (QED) is 0.546. The molecule has 1 spiro atoms. The number of aliphatic hydroxyl groups is 1. The molecule has 39 heavy (non-hydrogen) atoms. The van der Waals surface area contributed by atoms with E-state index in [0.717, 1.165) is 60.9 Å². The summed E-state index contributed by atoms with van der Waals surface area (Å²) >= 11 is 0. The number of hydrogen-bond donors (Lipinski definition) is 1. The zero-order valence-electron chi connectivity index (χ0n) is 22.9. The smallest absolute Gasteiger partial charge is 0.253 e. The lowest BCUT2D eigenvalue weighted by Crippen LogP contribution is -2.57. The number of rotatable bonds is 4. The minimum atomic E-state index is -0.389. The molecule has 2 aliphatic heterocycles. The molecule has 0 unspecified atom stereocenters. The molecule has 1 saturated carbocycles. The van der Waals surface area contributed by atoms with Gasteiger partial charge in [0.25, 0.3) is 5.91 Å². The fraction of sp³-hybridized carbons (Fsp3) is 0.516. The Hall–Kier alpha value is -3.39. The molecule has 8 heteroatoms. The molecule has 1 aromatic carbocycles. The maximum atomic E-state index is 14.1. The molecule has 0 radical (unpaired) electrons. The third-order valence-corrected chi connectivity index (χ3v) is 9.49. The van der Waals surface area contributed by atoms with E-state index in [-0.39, 0.29) is 35.8 Å². The predicted molar refractivity (Wildman–Crippen MR) is 149 cm³/mol. The van der Waals surface area contributed by atoms with Crippen molar-refractivity contribution < 1.29 is 19.4 Å². The number of hydrogen-bond acceptors (Lipinski definition) is 5. The molecule has 206 valence electrons. The summed E-state index contributed by atoms with van der Waals surface area (Å²) in [4.78, 5) is 35.3. The standard InChI is InChI=1S/C31H38N4O4/c1-33-25-18-23(39-2)8-9-24(25)27-28(33)26(19-36)35(30(38)21-6-4-3-5-7-21)20-31(27)12-16-34(17-13-31)29(37)22-10-14-32-15-11-22/h8-11,14-15,18,21,26,36H,3-7,12-13,16-17,19-20H2,1-2H3/t26-/m1/s1. The van der Waals surface area contributed by atoms with E-state index in [0.29, 0.717) is 25.2 Å². The number of aromatic nitrogens is 2. The average Bonchev–Trinajstić information content (AvgIpc) is 3.30. The Labute approximate surface area is 229 Å². The Morgan fingerprint density at radius 2 is 1.79 bits per heavy atom. The largest absolute Gasteiger partial charge is 0.497 e. The highest BCUT2D eigenvalue weighted by Crippen LogP contribution is 2.50. The number of benzene rings is 1. The lowest BCUT2D eigenvalue weighted by molar-refractivity contribution is -0.143. The average molecular weight is 531 g/mol. The molecule has 1 N–H and O–H groups in total. The Morgan fingerprint density at radius 1 is 1.08 bits per heavy atom. The second kappa shape index (κ2) is 10.3. The SMILES string of the molecule is COc1ccc2c3c(n(C)c2c1)[C@@H](CO)N(C(=O)C1CCCCC1)CC31CCN(C(=O)c2ccncc2)CC1. The third-order valence-electron chi connectivity index (χ3n) is 9.49. The van der Waals surface area contributed by atoms with Gasteiger partial charge in [-0.3, -0.25) is 14.6 Å². The van der Waals surface area contributed by atoms with Crippen LogP contribution in [0.2, 0.25) is 0 Å². The van der Waals surface area contributed by atoms with Crippen molar-refractivity contribution in [1.29, 1.82) is 0 Å². The van der Waals surface area contributed by atoms with Gasteiger partial charge in [0.1, 0.15) is 5.75 Å². The van der Waals surface area contributed by atoms with Crippen molar-refractivity contribution in [3.8, 4) is 5.75 Å². The number of ether oxygens (including phenoxy) is 1. The number of methoxy groups -OCH3 is 1. The molecule has 1 atom stereocenters. The molecule has 1 saturated heterocycles. The van der Waals surface area contributed by atoms with Crippen molar-refractivity contribution in [1.82, 2.24) is 19.4 Å². The van der Waals surface area contributed by atoms with Crippen molar-refractivity contribution in [2.45, 2.75) is 56.4 Å². The number of amides is 2. The lowest BCUT2D eigenvalue weighted by atomic mass is 9.67. The fourth-order valence-electron chi connectivity index (χ4n) is 7.40. The van der Waals surface area contributed by atoms with Crippen LogP contribution in [0.4, 0.5) is 0 Å². The number of likely N-dealkylation sites (tertiary alicyclic amines) is 1. The molecular formula is C31H38N4O4. The summed E-state index contributed by atoms with van der Waals surface area (Å²) in [7, 11) is 3.70. The predicted octanol–water partition coefficient (Wildman–Crippen LogP) is 4.21. The number of fused-ring (bicyclic) bond motifs is 4. The van der Waals surface area contributed by atoms with Crippen molar-refractivity contribution in [3.63, 3.8) is 0 Å². The highest BCUT2D eigenvalue weighted by atomic mass is 16.5. The van der Waals surface area contributed by atoms with Gasteiger partial charge in [-0.2, -0.15) is 0 Å². The van der Waals surface area contributed by atoms with Crippen LogP contribution in [0.3, 0.4) is 0 Å². The highest BCUT2D eigenvalue weighted by Gasteiger charge is 2.50. The summed E-state index contributed by atoms with van der Waals surface area (Å²) in [5.41, 5.74) is 3.64. The van der Waals surface area contributed by atoms with E-state index in [1.54, 1.807) is 31.6 Å². The molecule has 8 nitrogen and oxygen atoms in total. The van der Waals surface area contributed by atoms with Crippen molar-refractivity contribution in [2.24, 2.45) is 13.0 Å². The van der Waals surface area contributed by atoms with Gasteiger partial charge in [-0.1, -0.05) is 19.3 Å². The minimum absolute atomic E-state index is 0.0225. The Kier molecular flexibility index (Phi) is 6.83. The van der Waals surface area contributed by atoms with Crippen molar-refractivity contribution in [2.75, 3.05) is 33.4 Å². The summed E-state index contributed by atoms with van der Waals surface area (Å²) < 4.78 is 7.70. The molecule has 3 aliphatic rings. The van der Waals surface area contributed by atoms with Crippen LogP contribution < -0.4 is 4.74 Å². The van der Waals surface area contributed by atoms with Crippen LogP contribution in [0.15, 0.2) is 42.7 Å². The van der Waals surface area contributed by atoms with Crippen LogP contribution >= 0.6 is 0 Å². The number of aryl methyl sites for hydroxylation is 1. The molecule has 6 rings (SSSR count). The van der Waals surface area contributed by atoms with E-state index in [1.165, 1.54) is 12.0 Å². The maximum Gasteiger partial charge on any atom is 0.253 e. The summed E-state index contributed by atoms with van der Waals surface area (Å²) in [6.07, 6.45) is 10.0. The summed E-state index contributed by atoms with van der Waals surface area (Å²) in [6, 6.07) is 9.30. The van der Waals surface area contributed by atoms with Gasteiger partial charge in [-0.05, 0) is 55.5 Å². The summed E-state index contributed by atoms with van der Waals surface area (Å²) in [5.74, 6) is 1.00. The van der Waals surface area contributed by atoms with E-state index in [4.69, 9.17) is 4.74 Å². The van der Waals surface area contributed by atoms with Crippen LogP contribution in [0.1, 0.15) is 72.6 Å². The van der Waals surface area contributed by atoms with Gasteiger partial charge in [0.05, 0.1) is 25.3 Å². The first-order valence-electron chi connectivity index (χ1n) is 14.2. The van der Waals surface area contributed by atoms with Crippen LogP contribution in [0.5, 0.6) is 5.75 Å². The van der Waals surface area contributed by atoms with Gasteiger partial charge in [0.2, 0.25) is 5.91 Å². The van der Waals surface area contributed by atoms with E-state index < -0.39 is 0 Å². The Balaban J connectivity index is 1.42. The number of carbonyl (C=O) groups excluding carboxylic acids is 2. The van der Waals surface area contributed by atoms with Gasteiger partial charge in [-0.15, -0.1) is 0 Å². The van der Waals surface area contributed by atoms with E-state index >= 15 is 0 Å². The zero-order valence-corrected chi connectivity index (χ0v) is 22.9. The number of carbonyl (C=O) groups is 2. The number of nitrogens with zero attached hydrogens (tertiary/aromatic N) is 4. The second-order valence-electron chi connectivity index (χ2n) is 11.5. The van der Waals surface area contributed by atoms with Gasteiger partial charge in [-0.25, -0.2) is 0 Å². The van der Waals surface area contributed by atoms with Crippen LogP contribution in [0.25, 0.3) is 10.9 Å². The lowest BCUT2D eigenvalue weighted by Gasteiger charge is -2.51. The highest BCUT2D eigenvalue weighted by molar-refractivity contribution is 5.94. The molecule has 0 bridgehead atoms. The molecule has 3 aromatic rings. The molecular weight excluding hydrogens is 492 g/mol. The van der Waals surface area contributed by atoms with Crippen LogP contribution in [-0.4, -0.2) is 69.6 Å². The summed E-state index contributed by atoms with van der Waals surface area (Å²) in [5, 5.41) is 11.9. The Morgan fingerprint density at radius 3 is 2.46 bits per heavy atom. The first-order chi connectivity index (χ1) is 19.0. The van der Waals surface area contributed by atoms with Crippen LogP contribution in [0, 0.1) is 5.92 Å². The normalized spacial score (nSPS) is 21.3. The van der Waals surface area contributed by atoms with E-state index in [1.807, 2.05) is 29.0 Å². The molecule has 2 fully saturated rings. The topological polar surface area (TPSA) is 87.9 Å². The number of piperidine rings is 1. The van der Waals surface area contributed by atoms with E-state index in [9.17, 15) is 14.7 Å². The first kappa shape index (κ1) is 25.9. The molecule has 2 aromatic heterocycles. The monoisotopic (exact) mass is 530 g/mol. The first-order valence-corrected chi connectivity index (χ1v) is 14.2. The number of pyridine rings is 1. The van der Waals surface area contributed by atoms with Crippen LogP contribution in [-0.2, 0) is 17.3 Å². The Bertz CT molecular complexity index is 1370.